The highest BCUT2D eigenvalue weighted by molar-refractivity contribution is 5.82. The molecule has 2 rings (SSSR count). The molecule has 4 nitrogen and oxygen atoms in total. The number of benzene rings is 1. The molecule has 0 aromatic heterocycles. The molecule has 0 unspecified atom stereocenters. The zero-order chi connectivity index (χ0) is 13.9. The second-order valence-corrected chi connectivity index (χ2v) is 5.66. The topological polar surface area (TPSA) is 43.8 Å². The van der Waals surface area contributed by atoms with Crippen LogP contribution in [0.15, 0.2) is 30.3 Å². The van der Waals surface area contributed by atoms with E-state index < -0.39 is 5.41 Å². The van der Waals surface area contributed by atoms with E-state index >= 15 is 0 Å². The number of amides is 1. The molecular weight excluding hydrogens is 240 g/mol. The largest absolute Gasteiger partial charge is 0.395 e. The van der Waals surface area contributed by atoms with Crippen LogP contribution >= 0.6 is 0 Å². The summed E-state index contributed by atoms with van der Waals surface area (Å²) in [5.74, 6) is 0.0442. The summed E-state index contributed by atoms with van der Waals surface area (Å²) < 4.78 is 0. The number of carbonyl (C=O) groups excluding carboxylic acids is 1. The highest BCUT2D eigenvalue weighted by Gasteiger charge is 2.32. The molecule has 1 saturated heterocycles. The Labute approximate surface area is 114 Å². The van der Waals surface area contributed by atoms with Crippen LogP contribution in [0.25, 0.3) is 0 Å². The first-order valence-corrected chi connectivity index (χ1v) is 6.75. The molecular formula is C15H22N2O2. The molecule has 0 atom stereocenters. The van der Waals surface area contributed by atoms with Gasteiger partial charge in [-0.1, -0.05) is 18.2 Å². The first-order chi connectivity index (χ1) is 9.04. The number of anilines is 1. The first-order valence-electron chi connectivity index (χ1n) is 6.75. The molecule has 0 spiro atoms. The Bertz CT molecular complexity index is 423. The molecule has 1 aliphatic heterocycles. The number of piperazine rings is 1. The van der Waals surface area contributed by atoms with Gasteiger partial charge in [-0.2, -0.15) is 0 Å². The van der Waals surface area contributed by atoms with Crippen molar-refractivity contribution < 1.29 is 9.90 Å². The second kappa shape index (κ2) is 5.61. The van der Waals surface area contributed by atoms with Crippen molar-refractivity contribution in [3.05, 3.63) is 30.3 Å². The maximum atomic E-state index is 12.2. The van der Waals surface area contributed by atoms with Crippen LogP contribution in [0, 0.1) is 5.41 Å². The zero-order valence-corrected chi connectivity index (χ0v) is 11.7. The van der Waals surface area contributed by atoms with Gasteiger partial charge in [-0.15, -0.1) is 0 Å². The van der Waals surface area contributed by atoms with E-state index in [2.05, 4.69) is 17.0 Å². The summed E-state index contributed by atoms with van der Waals surface area (Å²) in [6.07, 6.45) is 0. The number of hydrogen-bond donors (Lipinski definition) is 1. The van der Waals surface area contributed by atoms with Gasteiger partial charge < -0.3 is 14.9 Å². The van der Waals surface area contributed by atoms with Gasteiger partial charge in [0.25, 0.3) is 0 Å². The van der Waals surface area contributed by atoms with E-state index in [4.69, 9.17) is 0 Å². The summed E-state index contributed by atoms with van der Waals surface area (Å²) >= 11 is 0. The van der Waals surface area contributed by atoms with Crippen molar-refractivity contribution in [2.75, 3.05) is 37.7 Å². The lowest BCUT2D eigenvalue weighted by atomic mass is 9.92. The summed E-state index contributed by atoms with van der Waals surface area (Å²) in [4.78, 5) is 16.4. The molecule has 1 N–H and O–H groups in total. The average Bonchev–Trinajstić information content (AvgIpc) is 2.47. The smallest absolute Gasteiger partial charge is 0.230 e. The molecule has 4 heteroatoms. The van der Waals surface area contributed by atoms with Gasteiger partial charge in [-0.05, 0) is 26.0 Å². The Hall–Kier alpha value is -1.55. The summed E-state index contributed by atoms with van der Waals surface area (Å²) in [5, 5.41) is 9.27. The molecule has 0 saturated carbocycles. The molecule has 104 valence electrons. The third kappa shape index (κ3) is 3.07. The quantitative estimate of drug-likeness (QED) is 0.894. The number of rotatable bonds is 3. The number of aliphatic hydroxyl groups is 1. The number of carbonyl (C=O) groups is 1. The Morgan fingerprint density at radius 1 is 1.16 bits per heavy atom. The van der Waals surface area contributed by atoms with Gasteiger partial charge in [0, 0.05) is 31.9 Å². The maximum Gasteiger partial charge on any atom is 0.230 e. The van der Waals surface area contributed by atoms with Gasteiger partial charge in [0.05, 0.1) is 12.0 Å². The fraction of sp³-hybridized carbons (Fsp3) is 0.533. The van der Waals surface area contributed by atoms with E-state index in [0.29, 0.717) is 0 Å². The highest BCUT2D eigenvalue weighted by atomic mass is 16.3. The van der Waals surface area contributed by atoms with E-state index in [1.54, 1.807) is 13.8 Å². The summed E-state index contributed by atoms with van der Waals surface area (Å²) in [5.41, 5.74) is 0.533. The Morgan fingerprint density at radius 3 is 2.26 bits per heavy atom. The van der Waals surface area contributed by atoms with Crippen LogP contribution < -0.4 is 4.90 Å². The Kier molecular flexibility index (Phi) is 4.10. The van der Waals surface area contributed by atoms with E-state index in [1.165, 1.54) is 5.69 Å². The van der Waals surface area contributed by atoms with Crippen molar-refractivity contribution in [3.8, 4) is 0 Å². The molecule has 1 amide bonds. The van der Waals surface area contributed by atoms with Crippen LogP contribution in [-0.4, -0.2) is 48.7 Å². The lowest BCUT2D eigenvalue weighted by Gasteiger charge is -2.39. The number of nitrogens with zero attached hydrogens (tertiary/aromatic N) is 2. The molecule has 19 heavy (non-hydrogen) atoms. The van der Waals surface area contributed by atoms with Gasteiger partial charge in [0.2, 0.25) is 5.91 Å². The third-order valence-corrected chi connectivity index (χ3v) is 3.66. The number of para-hydroxylation sites is 1. The monoisotopic (exact) mass is 262 g/mol. The molecule has 1 aromatic carbocycles. The number of aliphatic hydroxyl groups excluding tert-OH is 1. The lowest BCUT2D eigenvalue weighted by molar-refractivity contribution is -0.142. The highest BCUT2D eigenvalue weighted by Crippen LogP contribution is 2.21. The first kappa shape index (κ1) is 13.9. The molecule has 1 aromatic rings. The van der Waals surface area contributed by atoms with Crippen LogP contribution in [0.1, 0.15) is 13.8 Å². The molecule has 0 radical (unpaired) electrons. The summed E-state index contributed by atoms with van der Waals surface area (Å²) in [7, 11) is 0. The van der Waals surface area contributed by atoms with Crippen LogP contribution in [-0.2, 0) is 4.79 Å². The van der Waals surface area contributed by atoms with E-state index in [0.717, 1.165) is 26.2 Å². The SMILES string of the molecule is CC(C)(CO)C(=O)N1CCN(c2ccccc2)CC1. The summed E-state index contributed by atoms with van der Waals surface area (Å²) in [6, 6.07) is 10.3. The molecule has 1 heterocycles. The van der Waals surface area contributed by atoms with E-state index in [-0.39, 0.29) is 12.5 Å². The maximum absolute atomic E-state index is 12.2. The van der Waals surface area contributed by atoms with Gasteiger partial charge in [0.1, 0.15) is 0 Å². The van der Waals surface area contributed by atoms with Crippen molar-refractivity contribution in [2.24, 2.45) is 5.41 Å². The lowest BCUT2D eigenvalue weighted by Crippen LogP contribution is -2.52. The van der Waals surface area contributed by atoms with E-state index in [9.17, 15) is 9.90 Å². The fourth-order valence-corrected chi connectivity index (χ4v) is 2.30. The predicted octanol–water partition coefficient (Wildman–Crippen LogP) is 1.35. The van der Waals surface area contributed by atoms with Gasteiger partial charge in [-0.3, -0.25) is 4.79 Å². The third-order valence-electron chi connectivity index (χ3n) is 3.66. The van der Waals surface area contributed by atoms with Crippen LogP contribution in [0.2, 0.25) is 0 Å². The van der Waals surface area contributed by atoms with Gasteiger partial charge in [0.15, 0.2) is 0 Å². The molecule has 1 aliphatic rings. The predicted molar refractivity (Wildman–Crippen MR) is 76.1 cm³/mol. The molecule has 0 bridgehead atoms. The van der Waals surface area contributed by atoms with E-state index in [1.807, 2.05) is 23.1 Å². The van der Waals surface area contributed by atoms with Gasteiger partial charge in [-0.25, -0.2) is 0 Å². The van der Waals surface area contributed by atoms with Crippen molar-refractivity contribution in [1.82, 2.24) is 4.90 Å². The zero-order valence-electron chi connectivity index (χ0n) is 11.7. The van der Waals surface area contributed by atoms with Crippen molar-refractivity contribution in [1.29, 1.82) is 0 Å². The molecule has 0 aliphatic carbocycles. The fourth-order valence-electron chi connectivity index (χ4n) is 2.30. The average molecular weight is 262 g/mol. The standard InChI is InChI=1S/C15H22N2O2/c1-15(2,12-18)14(19)17-10-8-16(9-11-17)13-6-4-3-5-7-13/h3-7,18H,8-12H2,1-2H3. The minimum absolute atomic E-state index is 0.0442. The number of hydrogen-bond acceptors (Lipinski definition) is 3. The van der Waals surface area contributed by atoms with Crippen LogP contribution in [0.4, 0.5) is 5.69 Å². The normalized spacial score (nSPS) is 16.6. The summed E-state index contributed by atoms with van der Waals surface area (Å²) in [6.45, 7) is 6.60. The second-order valence-electron chi connectivity index (χ2n) is 5.66. The van der Waals surface area contributed by atoms with Crippen LogP contribution in [0.5, 0.6) is 0 Å². The minimum Gasteiger partial charge on any atom is -0.395 e. The van der Waals surface area contributed by atoms with Gasteiger partial charge >= 0.3 is 0 Å². The Morgan fingerprint density at radius 2 is 1.74 bits per heavy atom. The van der Waals surface area contributed by atoms with Crippen LogP contribution in [0.3, 0.4) is 0 Å². The molecule has 1 fully saturated rings. The Balaban J connectivity index is 1.95. The minimum atomic E-state index is -0.672. The van der Waals surface area contributed by atoms with Crippen molar-refractivity contribution in [2.45, 2.75) is 13.8 Å². The van der Waals surface area contributed by atoms with Crippen molar-refractivity contribution >= 4 is 11.6 Å². The van der Waals surface area contributed by atoms with Crippen molar-refractivity contribution in [3.63, 3.8) is 0 Å².